The van der Waals surface area contributed by atoms with Gasteiger partial charge in [-0.05, 0) is 24.3 Å². The molecular weight excluding hydrogens is 332 g/mol. The molecule has 0 spiro atoms. The first-order chi connectivity index (χ1) is 12.6. The number of amides is 2. The molecule has 0 aromatic heterocycles. The molecule has 134 valence electrons. The summed E-state index contributed by atoms with van der Waals surface area (Å²) in [5.41, 5.74) is 1.12. The summed E-state index contributed by atoms with van der Waals surface area (Å²) in [7, 11) is 1.52. The fourth-order valence-electron chi connectivity index (χ4n) is 2.15. The van der Waals surface area contributed by atoms with E-state index in [4.69, 9.17) is 9.47 Å². The van der Waals surface area contributed by atoms with E-state index < -0.39 is 0 Å². The molecule has 2 aromatic carbocycles. The van der Waals surface area contributed by atoms with Crippen LogP contribution in [0, 0.1) is 11.8 Å². The molecule has 6 heteroatoms. The van der Waals surface area contributed by atoms with Gasteiger partial charge in [0.05, 0.1) is 19.2 Å². The summed E-state index contributed by atoms with van der Waals surface area (Å²) in [4.78, 5) is 23.1. The van der Waals surface area contributed by atoms with Crippen molar-refractivity contribution >= 4 is 17.5 Å². The standard InChI is InChI=1S/C20H20N2O4/c1-15(23)22-16-8-7-9-17(14-16)26-13-6-5-12-21-20(24)18-10-3-4-11-19(18)25-2/h3-4,7-11,14H,12-13H2,1-2H3,(H,21,24)(H,22,23). The maximum Gasteiger partial charge on any atom is 0.255 e. The summed E-state index contributed by atoms with van der Waals surface area (Å²) in [5.74, 6) is 6.37. The van der Waals surface area contributed by atoms with Gasteiger partial charge in [0.15, 0.2) is 0 Å². The molecule has 0 radical (unpaired) electrons. The summed E-state index contributed by atoms with van der Waals surface area (Å²) in [6.45, 7) is 1.82. The molecule has 0 fully saturated rings. The SMILES string of the molecule is COc1ccccc1C(=O)NCC#CCOc1cccc(NC(C)=O)c1. The highest BCUT2D eigenvalue weighted by molar-refractivity contribution is 5.97. The Balaban J connectivity index is 1.79. The minimum Gasteiger partial charge on any atom is -0.496 e. The molecule has 0 aliphatic rings. The molecule has 0 unspecified atom stereocenters. The maximum absolute atomic E-state index is 12.1. The monoisotopic (exact) mass is 352 g/mol. The zero-order chi connectivity index (χ0) is 18.8. The smallest absolute Gasteiger partial charge is 0.255 e. The molecule has 0 atom stereocenters. The lowest BCUT2D eigenvalue weighted by atomic mass is 10.2. The zero-order valence-electron chi connectivity index (χ0n) is 14.7. The third-order valence-corrected chi connectivity index (χ3v) is 3.28. The van der Waals surface area contributed by atoms with Crippen molar-refractivity contribution in [1.82, 2.24) is 5.32 Å². The molecule has 0 aliphatic heterocycles. The van der Waals surface area contributed by atoms with Crippen LogP contribution in [-0.2, 0) is 4.79 Å². The summed E-state index contributed by atoms with van der Waals surface area (Å²) in [6, 6.07) is 14.0. The Kier molecular flexibility index (Phi) is 7.07. The van der Waals surface area contributed by atoms with Crippen molar-refractivity contribution in [2.24, 2.45) is 0 Å². The van der Waals surface area contributed by atoms with Crippen molar-refractivity contribution in [3.63, 3.8) is 0 Å². The van der Waals surface area contributed by atoms with Crippen molar-refractivity contribution in [3.8, 4) is 23.3 Å². The van der Waals surface area contributed by atoms with Gasteiger partial charge in [0, 0.05) is 18.7 Å². The van der Waals surface area contributed by atoms with Gasteiger partial charge in [0.1, 0.15) is 18.1 Å². The van der Waals surface area contributed by atoms with Crippen LogP contribution in [0.2, 0.25) is 0 Å². The lowest BCUT2D eigenvalue weighted by Crippen LogP contribution is -2.24. The molecule has 0 saturated heterocycles. The maximum atomic E-state index is 12.1. The van der Waals surface area contributed by atoms with Gasteiger partial charge in [-0.3, -0.25) is 9.59 Å². The Morgan fingerprint density at radius 3 is 2.65 bits per heavy atom. The molecule has 0 bridgehead atoms. The van der Waals surface area contributed by atoms with Crippen LogP contribution in [0.15, 0.2) is 48.5 Å². The zero-order valence-corrected chi connectivity index (χ0v) is 14.7. The fraction of sp³-hybridized carbons (Fsp3) is 0.200. The van der Waals surface area contributed by atoms with Gasteiger partial charge < -0.3 is 20.1 Å². The van der Waals surface area contributed by atoms with E-state index >= 15 is 0 Å². The average Bonchev–Trinajstić information content (AvgIpc) is 2.64. The van der Waals surface area contributed by atoms with E-state index in [2.05, 4.69) is 22.5 Å². The van der Waals surface area contributed by atoms with Gasteiger partial charge >= 0.3 is 0 Å². The summed E-state index contributed by atoms with van der Waals surface area (Å²) >= 11 is 0. The highest BCUT2D eigenvalue weighted by atomic mass is 16.5. The Morgan fingerprint density at radius 1 is 1.08 bits per heavy atom. The molecule has 2 N–H and O–H groups in total. The van der Waals surface area contributed by atoms with Crippen molar-refractivity contribution < 1.29 is 19.1 Å². The average molecular weight is 352 g/mol. The first-order valence-electron chi connectivity index (χ1n) is 7.97. The normalized spacial score (nSPS) is 9.46. The third-order valence-electron chi connectivity index (χ3n) is 3.28. The van der Waals surface area contributed by atoms with E-state index in [1.807, 2.05) is 0 Å². The van der Waals surface area contributed by atoms with Gasteiger partial charge in [0.25, 0.3) is 5.91 Å². The van der Waals surface area contributed by atoms with Gasteiger partial charge in [-0.2, -0.15) is 0 Å². The number of hydrogen-bond acceptors (Lipinski definition) is 4. The number of benzene rings is 2. The highest BCUT2D eigenvalue weighted by Gasteiger charge is 2.09. The molecule has 26 heavy (non-hydrogen) atoms. The molecule has 2 aromatic rings. The third kappa shape index (κ3) is 5.87. The van der Waals surface area contributed by atoms with Gasteiger partial charge in [-0.25, -0.2) is 0 Å². The number of hydrogen-bond donors (Lipinski definition) is 2. The van der Waals surface area contributed by atoms with Gasteiger partial charge in [0.2, 0.25) is 5.91 Å². The number of nitrogens with one attached hydrogen (secondary N) is 2. The lowest BCUT2D eigenvalue weighted by Gasteiger charge is -2.07. The number of anilines is 1. The van der Waals surface area contributed by atoms with Crippen LogP contribution in [0.25, 0.3) is 0 Å². The van der Waals surface area contributed by atoms with Crippen LogP contribution in [0.4, 0.5) is 5.69 Å². The first kappa shape index (κ1) is 18.9. The quantitative estimate of drug-likeness (QED) is 0.783. The second-order valence-electron chi connectivity index (χ2n) is 5.23. The Morgan fingerprint density at radius 2 is 1.88 bits per heavy atom. The molecular formula is C20H20N2O4. The molecule has 2 amide bonds. The van der Waals surface area contributed by atoms with Gasteiger partial charge in [-0.1, -0.05) is 30.0 Å². The van der Waals surface area contributed by atoms with Crippen LogP contribution < -0.4 is 20.1 Å². The Hall–Kier alpha value is -3.46. The Bertz CT molecular complexity index is 837. The molecule has 2 rings (SSSR count). The number of methoxy groups -OCH3 is 1. The number of ether oxygens (including phenoxy) is 2. The number of carbonyl (C=O) groups excluding carboxylic acids is 2. The van der Waals surface area contributed by atoms with Crippen LogP contribution >= 0.6 is 0 Å². The van der Waals surface area contributed by atoms with E-state index in [0.717, 1.165) is 0 Å². The van der Waals surface area contributed by atoms with Crippen molar-refractivity contribution in [2.75, 3.05) is 25.6 Å². The number of para-hydroxylation sites is 1. The topological polar surface area (TPSA) is 76.7 Å². The lowest BCUT2D eigenvalue weighted by molar-refractivity contribution is -0.114. The van der Waals surface area contributed by atoms with Crippen LogP contribution in [0.5, 0.6) is 11.5 Å². The summed E-state index contributed by atoms with van der Waals surface area (Å²) < 4.78 is 10.6. The minimum atomic E-state index is -0.249. The van der Waals surface area contributed by atoms with Crippen molar-refractivity contribution in [3.05, 3.63) is 54.1 Å². The molecule has 0 aliphatic carbocycles. The summed E-state index contributed by atoms with van der Waals surface area (Å²) in [6.07, 6.45) is 0. The van der Waals surface area contributed by atoms with Crippen molar-refractivity contribution in [1.29, 1.82) is 0 Å². The van der Waals surface area contributed by atoms with Crippen molar-refractivity contribution in [2.45, 2.75) is 6.92 Å². The predicted molar refractivity (Wildman–Crippen MR) is 99.3 cm³/mol. The number of rotatable bonds is 6. The predicted octanol–water partition coefficient (Wildman–Crippen LogP) is 2.47. The minimum absolute atomic E-state index is 0.146. The second kappa shape index (κ2) is 9.74. The second-order valence-corrected chi connectivity index (χ2v) is 5.23. The molecule has 0 saturated carbocycles. The van der Waals surface area contributed by atoms with Crippen LogP contribution in [0.1, 0.15) is 17.3 Å². The van der Waals surface area contributed by atoms with Crippen LogP contribution in [0.3, 0.4) is 0 Å². The van der Waals surface area contributed by atoms with Crippen LogP contribution in [-0.4, -0.2) is 32.1 Å². The first-order valence-corrected chi connectivity index (χ1v) is 7.97. The molecule has 0 heterocycles. The van der Waals surface area contributed by atoms with E-state index in [9.17, 15) is 9.59 Å². The van der Waals surface area contributed by atoms with Gasteiger partial charge in [-0.15, -0.1) is 0 Å². The van der Waals surface area contributed by atoms with E-state index in [0.29, 0.717) is 22.7 Å². The number of carbonyl (C=O) groups is 2. The largest absolute Gasteiger partial charge is 0.496 e. The fourth-order valence-corrected chi connectivity index (χ4v) is 2.15. The van der Waals surface area contributed by atoms with E-state index in [1.165, 1.54) is 14.0 Å². The Labute approximate surface area is 152 Å². The van der Waals surface area contributed by atoms with E-state index in [1.54, 1.807) is 48.5 Å². The highest BCUT2D eigenvalue weighted by Crippen LogP contribution is 2.17. The molecule has 6 nitrogen and oxygen atoms in total. The van der Waals surface area contributed by atoms with E-state index in [-0.39, 0.29) is 25.0 Å². The summed E-state index contributed by atoms with van der Waals surface area (Å²) in [5, 5.41) is 5.39.